The van der Waals surface area contributed by atoms with Gasteiger partial charge in [0.05, 0.1) is 6.54 Å². The summed E-state index contributed by atoms with van der Waals surface area (Å²) in [6.07, 6.45) is 0. The second-order valence-corrected chi connectivity index (χ2v) is 4.94. The predicted octanol–water partition coefficient (Wildman–Crippen LogP) is 2.89. The zero-order valence-electron chi connectivity index (χ0n) is 7.75. The Kier molecular flexibility index (Phi) is 4.92. The lowest BCUT2D eigenvalue weighted by molar-refractivity contribution is 0.378. The average molecular weight is 355 g/mol. The summed E-state index contributed by atoms with van der Waals surface area (Å²) >= 11 is 12.2. The molecule has 82 valence electrons. The summed E-state index contributed by atoms with van der Waals surface area (Å²) in [4.78, 5) is 0. The molecule has 0 atom stereocenters. The Bertz CT molecular complexity index is 360. The van der Waals surface area contributed by atoms with Gasteiger partial charge in [0.25, 0.3) is 0 Å². The van der Waals surface area contributed by atoms with Crippen molar-refractivity contribution in [2.75, 3.05) is 0 Å². The molecule has 0 unspecified atom stereocenters. The highest BCUT2D eigenvalue weighted by Gasteiger charge is 2.05. The molecule has 1 aromatic rings. The van der Waals surface area contributed by atoms with Gasteiger partial charge in [0.1, 0.15) is 9.21 Å². The largest absolute Gasteiger partial charge is 0.391 e. The van der Waals surface area contributed by atoms with E-state index < -0.39 is 0 Å². The maximum Gasteiger partial charge on any atom is 0.126 e. The number of hydrazine groups is 1. The van der Waals surface area contributed by atoms with Gasteiger partial charge in [-0.25, -0.2) is 5.84 Å². The average Bonchev–Trinajstić information content (AvgIpc) is 2.20. The van der Waals surface area contributed by atoms with Gasteiger partial charge >= 0.3 is 0 Å². The highest BCUT2D eigenvalue weighted by molar-refractivity contribution is 9.14. The molecule has 0 aromatic heterocycles. The van der Waals surface area contributed by atoms with Gasteiger partial charge in [0.2, 0.25) is 0 Å². The fourth-order valence-electron chi connectivity index (χ4n) is 0.993. The molecule has 0 aliphatic carbocycles. The van der Waals surface area contributed by atoms with E-state index in [9.17, 15) is 0 Å². The van der Waals surface area contributed by atoms with Crippen molar-refractivity contribution in [3.8, 4) is 0 Å². The molecular formula is C9H10Br2ClN3. The third kappa shape index (κ3) is 4.03. The van der Waals surface area contributed by atoms with E-state index in [1.54, 1.807) is 0 Å². The van der Waals surface area contributed by atoms with Crippen LogP contribution in [-0.2, 0) is 6.54 Å². The van der Waals surface area contributed by atoms with Crippen LogP contribution in [0.4, 0.5) is 0 Å². The Hall–Kier alpha value is -0.230. The topological polar surface area (TPSA) is 55.3 Å². The van der Waals surface area contributed by atoms with E-state index >= 15 is 0 Å². The van der Waals surface area contributed by atoms with Crippen LogP contribution in [0.1, 0.15) is 5.56 Å². The first-order chi connectivity index (χ1) is 7.00. The second-order valence-electron chi connectivity index (χ2n) is 2.89. The minimum atomic E-state index is 0.457. The van der Waals surface area contributed by atoms with E-state index in [2.05, 4.69) is 31.9 Å². The van der Waals surface area contributed by atoms with Gasteiger partial charge in [-0.15, -0.1) is 0 Å². The van der Waals surface area contributed by atoms with Crippen LogP contribution in [0.2, 0.25) is 5.02 Å². The maximum absolute atomic E-state index is 5.77. The third-order valence-electron chi connectivity index (χ3n) is 1.72. The Balaban J connectivity index is 2.71. The molecule has 3 nitrogen and oxygen atoms in total. The number of hydrogen-bond donors (Lipinski definition) is 2. The number of halogens is 3. The smallest absolute Gasteiger partial charge is 0.126 e. The molecule has 0 aliphatic rings. The summed E-state index contributed by atoms with van der Waals surface area (Å²) in [5, 5.41) is 2.20. The predicted molar refractivity (Wildman–Crippen MR) is 70.2 cm³/mol. The Labute approximate surface area is 110 Å². The van der Waals surface area contributed by atoms with E-state index in [0.717, 1.165) is 5.56 Å². The van der Waals surface area contributed by atoms with Crippen LogP contribution in [0.15, 0.2) is 33.5 Å². The van der Waals surface area contributed by atoms with Gasteiger partial charge < -0.3 is 5.73 Å². The lowest BCUT2D eigenvalue weighted by atomic mass is 10.2. The van der Waals surface area contributed by atoms with Crippen molar-refractivity contribution < 1.29 is 0 Å². The standard InChI is InChI=1S/C9H10Br2ClN3/c10-8(13)9(11)15(14)5-6-1-3-7(12)4-2-6/h1-4H,5,13-14H2/b9-8-. The quantitative estimate of drug-likeness (QED) is 0.498. The number of nitrogens with two attached hydrogens (primary N) is 2. The first-order valence-electron chi connectivity index (χ1n) is 4.08. The minimum absolute atomic E-state index is 0.457. The highest BCUT2D eigenvalue weighted by Crippen LogP contribution is 2.18. The maximum atomic E-state index is 5.77. The van der Waals surface area contributed by atoms with E-state index in [0.29, 0.717) is 20.8 Å². The molecule has 0 amide bonds. The molecule has 1 aromatic carbocycles. The molecule has 0 saturated carbocycles. The van der Waals surface area contributed by atoms with Crippen molar-refractivity contribution in [2.24, 2.45) is 11.6 Å². The molecule has 0 aliphatic heterocycles. The van der Waals surface area contributed by atoms with Crippen LogP contribution >= 0.6 is 43.5 Å². The molecule has 15 heavy (non-hydrogen) atoms. The van der Waals surface area contributed by atoms with Gasteiger partial charge in [-0.3, -0.25) is 5.01 Å². The third-order valence-corrected chi connectivity index (χ3v) is 3.76. The van der Waals surface area contributed by atoms with Gasteiger partial charge in [-0.1, -0.05) is 23.7 Å². The summed E-state index contributed by atoms with van der Waals surface area (Å²) < 4.78 is 1.07. The fourth-order valence-corrected chi connectivity index (χ4v) is 1.47. The molecule has 1 rings (SSSR count). The minimum Gasteiger partial charge on any atom is -0.391 e. The summed E-state index contributed by atoms with van der Waals surface area (Å²) in [6, 6.07) is 7.46. The van der Waals surface area contributed by atoms with Crippen LogP contribution in [-0.4, -0.2) is 5.01 Å². The summed E-state index contributed by atoms with van der Waals surface area (Å²) in [7, 11) is 0. The lowest BCUT2D eigenvalue weighted by Gasteiger charge is -2.18. The number of rotatable bonds is 3. The fraction of sp³-hybridized carbons (Fsp3) is 0.111. The van der Waals surface area contributed by atoms with Crippen molar-refractivity contribution in [1.29, 1.82) is 0 Å². The summed E-state index contributed by atoms with van der Waals surface area (Å²) in [5.41, 5.74) is 6.57. The van der Waals surface area contributed by atoms with E-state index in [1.165, 1.54) is 5.01 Å². The van der Waals surface area contributed by atoms with Crippen molar-refractivity contribution in [3.63, 3.8) is 0 Å². The summed E-state index contributed by atoms with van der Waals surface area (Å²) in [5.74, 6) is 5.77. The number of hydrogen-bond acceptors (Lipinski definition) is 3. The zero-order chi connectivity index (χ0) is 11.4. The van der Waals surface area contributed by atoms with Gasteiger partial charge in [-0.2, -0.15) is 0 Å². The molecule has 6 heteroatoms. The first kappa shape index (κ1) is 12.8. The Morgan fingerprint density at radius 2 is 1.80 bits per heavy atom. The highest BCUT2D eigenvalue weighted by atomic mass is 79.9. The van der Waals surface area contributed by atoms with Gasteiger partial charge in [0, 0.05) is 5.02 Å². The Morgan fingerprint density at radius 1 is 1.27 bits per heavy atom. The molecular weight excluding hydrogens is 345 g/mol. The molecule has 0 spiro atoms. The molecule has 0 saturated heterocycles. The first-order valence-corrected chi connectivity index (χ1v) is 6.04. The van der Waals surface area contributed by atoms with Crippen molar-refractivity contribution in [2.45, 2.75) is 6.54 Å². The van der Waals surface area contributed by atoms with Crippen LogP contribution in [0.5, 0.6) is 0 Å². The normalized spacial score (nSPS) is 12.3. The van der Waals surface area contributed by atoms with Crippen LogP contribution < -0.4 is 11.6 Å². The zero-order valence-corrected chi connectivity index (χ0v) is 11.7. The van der Waals surface area contributed by atoms with Crippen molar-refractivity contribution in [1.82, 2.24) is 5.01 Å². The molecule has 0 heterocycles. The molecule has 0 fully saturated rings. The van der Waals surface area contributed by atoms with Crippen molar-refractivity contribution in [3.05, 3.63) is 44.1 Å². The van der Waals surface area contributed by atoms with Gasteiger partial charge in [-0.05, 0) is 49.6 Å². The molecule has 0 bridgehead atoms. The Morgan fingerprint density at radius 3 is 2.27 bits per heavy atom. The summed E-state index contributed by atoms with van der Waals surface area (Å²) in [6.45, 7) is 0.546. The molecule has 4 N–H and O–H groups in total. The number of benzene rings is 1. The van der Waals surface area contributed by atoms with E-state index in [-0.39, 0.29) is 0 Å². The van der Waals surface area contributed by atoms with Crippen LogP contribution in [0, 0.1) is 0 Å². The lowest BCUT2D eigenvalue weighted by Crippen LogP contribution is -2.28. The van der Waals surface area contributed by atoms with Crippen molar-refractivity contribution >= 4 is 43.5 Å². The second kappa shape index (κ2) is 5.75. The number of nitrogens with zero attached hydrogens (tertiary/aromatic N) is 1. The molecule has 0 radical (unpaired) electrons. The monoisotopic (exact) mass is 353 g/mol. The van der Waals surface area contributed by atoms with Gasteiger partial charge in [0.15, 0.2) is 0 Å². The van der Waals surface area contributed by atoms with Crippen LogP contribution in [0.25, 0.3) is 0 Å². The SMILES string of the molecule is N/C(Br)=C(/Br)N(N)Cc1ccc(Cl)cc1. The van der Waals surface area contributed by atoms with E-state index in [4.69, 9.17) is 23.2 Å². The van der Waals surface area contributed by atoms with E-state index in [1.807, 2.05) is 24.3 Å². The van der Waals surface area contributed by atoms with Crippen LogP contribution in [0.3, 0.4) is 0 Å².